The Bertz CT molecular complexity index is 1560. The lowest BCUT2D eigenvalue weighted by Gasteiger charge is -2.19. The van der Waals surface area contributed by atoms with Crippen LogP contribution in [-0.2, 0) is 11.2 Å². The van der Waals surface area contributed by atoms with Crippen molar-refractivity contribution in [2.75, 3.05) is 32.5 Å². The summed E-state index contributed by atoms with van der Waals surface area (Å²) in [6.45, 7) is 1.39. The molecule has 2 aromatic heterocycles. The zero-order chi connectivity index (χ0) is 28.2. The highest BCUT2D eigenvalue weighted by Gasteiger charge is 2.29. The van der Waals surface area contributed by atoms with Crippen LogP contribution in [0.2, 0.25) is 0 Å². The van der Waals surface area contributed by atoms with Crippen molar-refractivity contribution < 1.29 is 18.7 Å². The largest absolute Gasteiger partial charge is 0.453 e. The number of aromatic nitrogens is 1. The van der Waals surface area contributed by atoms with E-state index in [9.17, 15) is 9.59 Å². The second kappa shape index (κ2) is 12.1. The highest BCUT2D eigenvalue weighted by molar-refractivity contribution is 7.80. The summed E-state index contributed by atoms with van der Waals surface area (Å²) in [5.41, 5.74) is 1.83. The number of thiophene rings is 1. The number of pyridine rings is 1. The molecule has 1 aliphatic rings. The maximum atomic E-state index is 15.0. The first-order chi connectivity index (χ1) is 19.3. The van der Waals surface area contributed by atoms with E-state index in [0.717, 1.165) is 12.0 Å². The minimum Gasteiger partial charge on any atom is -0.453 e. The summed E-state index contributed by atoms with van der Waals surface area (Å²) >= 11 is 6.50. The number of carbonyl (C=O) groups excluding carboxylic acids is 2. The van der Waals surface area contributed by atoms with E-state index >= 15 is 4.39 Å². The Morgan fingerprint density at radius 1 is 1.15 bits per heavy atom. The first kappa shape index (κ1) is 27.6. The van der Waals surface area contributed by atoms with Crippen molar-refractivity contribution >= 4 is 56.4 Å². The van der Waals surface area contributed by atoms with Crippen LogP contribution in [-0.4, -0.2) is 64.9 Å². The lowest BCUT2D eigenvalue weighted by molar-refractivity contribution is -0.119. The van der Waals surface area contributed by atoms with Gasteiger partial charge in [0.25, 0.3) is 5.91 Å². The Labute approximate surface area is 240 Å². The topological polar surface area (TPSA) is 86.8 Å². The van der Waals surface area contributed by atoms with Crippen LogP contribution in [0.25, 0.3) is 10.2 Å². The molecule has 11 heteroatoms. The predicted octanol–water partition coefficient (Wildman–Crippen LogP) is 5.06. The second-order valence-electron chi connectivity index (χ2n) is 9.70. The quantitative estimate of drug-likeness (QED) is 0.297. The number of nitrogens with zero attached hydrogens (tertiary/aromatic N) is 3. The molecule has 1 aliphatic heterocycles. The molecule has 1 atom stereocenters. The summed E-state index contributed by atoms with van der Waals surface area (Å²) in [7, 11) is 4.04. The van der Waals surface area contributed by atoms with Gasteiger partial charge < -0.3 is 25.2 Å². The Balaban J connectivity index is 1.24. The standard InChI is InChI=1S/C29H28FN5O3S2/c1-34(2)20-11-13-35(17-20)28(37)25-16-22-27(40-25)24(10-12-31-22)38-23-9-8-19(15-21(23)30)32-29(39)33-26(36)14-18-6-4-3-5-7-18/h3-10,12,15-16,20H,11,13-14,17H2,1-2H3,(H2,32,33,36,39). The van der Waals surface area contributed by atoms with Gasteiger partial charge in [0.1, 0.15) is 5.75 Å². The van der Waals surface area contributed by atoms with Crippen molar-refractivity contribution in [3.05, 3.63) is 83.1 Å². The molecular formula is C29H28FN5O3S2. The Morgan fingerprint density at radius 2 is 1.95 bits per heavy atom. The minimum absolute atomic E-state index is 0.00623. The molecule has 5 rings (SSSR count). The zero-order valence-corrected chi connectivity index (χ0v) is 23.7. The van der Waals surface area contributed by atoms with Crippen LogP contribution in [0.3, 0.4) is 0 Å². The van der Waals surface area contributed by atoms with Crippen LogP contribution in [0.5, 0.6) is 11.5 Å². The third-order valence-corrected chi connectivity index (χ3v) is 7.97. The number of nitrogens with one attached hydrogen (secondary N) is 2. The SMILES string of the molecule is CN(C)C1CCN(C(=O)c2cc3nccc(Oc4ccc(NC(=S)NC(=O)Cc5ccccc5)cc4F)c3s2)C1. The number of carbonyl (C=O) groups is 2. The van der Waals surface area contributed by atoms with E-state index in [4.69, 9.17) is 17.0 Å². The average molecular weight is 578 g/mol. The van der Waals surface area contributed by atoms with Crippen LogP contribution >= 0.6 is 23.6 Å². The van der Waals surface area contributed by atoms with Gasteiger partial charge in [-0.15, -0.1) is 11.3 Å². The number of likely N-dealkylation sites (tertiary alicyclic amines) is 1. The number of likely N-dealkylation sites (N-methyl/N-ethyl adjacent to an activating group) is 1. The van der Waals surface area contributed by atoms with Crippen molar-refractivity contribution in [2.45, 2.75) is 18.9 Å². The zero-order valence-electron chi connectivity index (χ0n) is 22.0. The number of amides is 2. The molecule has 206 valence electrons. The van der Waals surface area contributed by atoms with Gasteiger partial charge in [-0.05, 0) is 56.5 Å². The summed E-state index contributed by atoms with van der Waals surface area (Å²) in [6.07, 6.45) is 2.68. The van der Waals surface area contributed by atoms with Crippen LogP contribution in [0.1, 0.15) is 21.7 Å². The molecule has 2 amide bonds. The van der Waals surface area contributed by atoms with E-state index in [1.54, 1.807) is 24.4 Å². The normalized spacial score (nSPS) is 14.9. The van der Waals surface area contributed by atoms with E-state index < -0.39 is 5.82 Å². The van der Waals surface area contributed by atoms with Crippen molar-refractivity contribution in [3.8, 4) is 11.5 Å². The number of hydrogen-bond donors (Lipinski definition) is 2. The number of ether oxygens (including phenoxy) is 1. The van der Waals surface area contributed by atoms with Crippen LogP contribution in [0.4, 0.5) is 10.1 Å². The molecule has 2 N–H and O–H groups in total. The molecule has 0 saturated carbocycles. The molecule has 40 heavy (non-hydrogen) atoms. The van der Waals surface area contributed by atoms with Crippen LogP contribution < -0.4 is 15.4 Å². The van der Waals surface area contributed by atoms with Crippen molar-refractivity contribution in [3.63, 3.8) is 0 Å². The fraction of sp³-hybridized carbons (Fsp3) is 0.241. The van der Waals surface area contributed by atoms with E-state index in [1.807, 2.05) is 49.3 Å². The Morgan fingerprint density at radius 3 is 2.67 bits per heavy atom. The Hall–Kier alpha value is -3.93. The highest BCUT2D eigenvalue weighted by atomic mass is 32.1. The molecular weight excluding hydrogens is 549 g/mol. The smallest absolute Gasteiger partial charge is 0.264 e. The van der Waals surface area contributed by atoms with Gasteiger partial charge in [-0.3, -0.25) is 14.6 Å². The van der Waals surface area contributed by atoms with Gasteiger partial charge in [0.15, 0.2) is 16.7 Å². The predicted molar refractivity (Wildman–Crippen MR) is 159 cm³/mol. The lowest BCUT2D eigenvalue weighted by Crippen LogP contribution is -2.35. The average Bonchev–Trinajstić information content (AvgIpc) is 3.59. The third kappa shape index (κ3) is 6.44. The molecule has 0 radical (unpaired) electrons. The van der Waals surface area contributed by atoms with Gasteiger partial charge in [-0.25, -0.2) is 4.39 Å². The molecule has 0 spiro atoms. The number of anilines is 1. The summed E-state index contributed by atoms with van der Waals surface area (Å²) in [5, 5.41) is 5.49. The number of hydrogen-bond acceptors (Lipinski definition) is 7. The summed E-state index contributed by atoms with van der Waals surface area (Å²) in [4.78, 5) is 34.3. The van der Waals surface area contributed by atoms with Gasteiger partial charge in [0.05, 0.1) is 21.5 Å². The minimum atomic E-state index is -0.618. The maximum Gasteiger partial charge on any atom is 0.264 e. The lowest BCUT2D eigenvalue weighted by atomic mass is 10.1. The molecule has 1 fully saturated rings. The summed E-state index contributed by atoms with van der Waals surface area (Å²) in [6, 6.07) is 17.4. The fourth-order valence-electron chi connectivity index (χ4n) is 4.50. The molecule has 3 heterocycles. The van der Waals surface area contributed by atoms with E-state index in [0.29, 0.717) is 45.7 Å². The summed E-state index contributed by atoms with van der Waals surface area (Å²) in [5.74, 6) is -0.515. The van der Waals surface area contributed by atoms with Gasteiger partial charge in [-0.2, -0.15) is 0 Å². The van der Waals surface area contributed by atoms with Crippen LogP contribution in [0.15, 0.2) is 66.9 Å². The molecule has 0 aliphatic carbocycles. The monoisotopic (exact) mass is 577 g/mol. The first-order valence-electron chi connectivity index (χ1n) is 12.7. The third-order valence-electron chi connectivity index (χ3n) is 6.64. The number of fused-ring (bicyclic) bond motifs is 1. The molecule has 1 saturated heterocycles. The van der Waals surface area contributed by atoms with E-state index in [2.05, 4.69) is 20.5 Å². The van der Waals surface area contributed by atoms with Gasteiger partial charge in [0, 0.05) is 43.1 Å². The first-order valence-corrected chi connectivity index (χ1v) is 14.0. The van der Waals surface area contributed by atoms with Gasteiger partial charge in [-0.1, -0.05) is 30.3 Å². The second-order valence-corrected chi connectivity index (χ2v) is 11.2. The molecule has 1 unspecified atom stereocenters. The molecule has 8 nitrogen and oxygen atoms in total. The highest BCUT2D eigenvalue weighted by Crippen LogP contribution is 2.37. The van der Waals surface area contributed by atoms with Crippen LogP contribution in [0, 0.1) is 5.82 Å². The van der Waals surface area contributed by atoms with Crippen molar-refractivity contribution in [2.24, 2.45) is 0 Å². The van der Waals surface area contributed by atoms with Crippen molar-refractivity contribution in [1.82, 2.24) is 20.1 Å². The van der Waals surface area contributed by atoms with Crippen molar-refractivity contribution in [1.29, 1.82) is 0 Å². The maximum absolute atomic E-state index is 15.0. The number of halogens is 1. The van der Waals surface area contributed by atoms with Gasteiger partial charge >= 0.3 is 0 Å². The fourth-order valence-corrected chi connectivity index (χ4v) is 5.76. The number of benzene rings is 2. The molecule has 4 aromatic rings. The molecule has 2 aromatic carbocycles. The van der Waals surface area contributed by atoms with E-state index in [1.165, 1.54) is 23.5 Å². The number of thiocarbonyl (C=S) groups is 1. The number of rotatable bonds is 7. The Kier molecular flexibility index (Phi) is 8.34. The summed E-state index contributed by atoms with van der Waals surface area (Å²) < 4.78 is 21.6. The van der Waals surface area contributed by atoms with E-state index in [-0.39, 0.29) is 29.1 Å². The molecule has 0 bridgehead atoms. The van der Waals surface area contributed by atoms with Gasteiger partial charge in [0.2, 0.25) is 5.91 Å².